The number of nitrogens with zero attached hydrogens (tertiary/aromatic N) is 5. The molecule has 1 aromatic rings. The molecular formula is C15H26N6O2. The van der Waals surface area contributed by atoms with Crippen molar-refractivity contribution < 1.29 is 9.53 Å². The van der Waals surface area contributed by atoms with Gasteiger partial charge in [-0.2, -0.15) is 0 Å². The molecule has 8 nitrogen and oxygen atoms in total. The molecule has 1 aliphatic heterocycles. The molecule has 128 valence electrons. The van der Waals surface area contributed by atoms with E-state index in [4.69, 9.17) is 4.74 Å². The summed E-state index contributed by atoms with van der Waals surface area (Å²) < 4.78 is 6.86. The van der Waals surface area contributed by atoms with Crippen LogP contribution in [0.2, 0.25) is 0 Å². The number of carbonyl (C=O) groups is 1. The molecule has 2 rings (SSSR count). The number of guanidine groups is 1. The highest BCUT2D eigenvalue weighted by molar-refractivity contribution is 5.82. The van der Waals surface area contributed by atoms with Crippen molar-refractivity contribution in [2.24, 2.45) is 16.8 Å². The molecule has 1 N–H and O–H groups in total. The monoisotopic (exact) mass is 322 g/mol. The summed E-state index contributed by atoms with van der Waals surface area (Å²) in [4.78, 5) is 18.6. The van der Waals surface area contributed by atoms with Crippen molar-refractivity contribution in [3.8, 4) is 0 Å². The topological polar surface area (TPSA) is 84.6 Å². The molecule has 2 atom stereocenters. The van der Waals surface area contributed by atoms with Crippen LogP contribution in [0.4, 0.5) is 0 Å². The first kappa shape index (κ1) is 17.2. The number of hydrogen-bond donors (Lipinski definition) is 1. The van der Waals surface area contributed by atoms with Gasteiger partial charge in [0.15, 0.2) is 11.8 Å². The maximum atomic E-state index is 11.8. The van der Waals surface area contributed by atoms with Crippen LogP contribution in [-0.2, 0) is 22.6 Å². The van der Waals surface area contributed by atoms with Gasteiger partial charge < -0.3 is 19.5 Å². The predicted molar refractivity (Wildman–Crippen MR) is 86.8 cm³/mol. The summed E-state index contributed by atoms with van der Waals surface area (Å²) in [7, 11) is 1.44. The molecule has 0 saturated carbocycles. The van der Waals surface area contributed by atoms with Crippen LogP contribution >= 0.6 is 0 Å². The SMILES string of the molecule is CCNC(=NCc1nncn1CC)N1CC(C)C(C(=O)OC)C1. The lowest BCUT2D eigenvalue weighted by atomic mass is 9.99. The number of likely N-dealkylation sites (tertiary alicyclic amines) is 1. The van der Waals surface area contributed by atoms with Gasteiger partial charge in [-0.1, -0.05) is 6.92 Å². The lowest BCUT2D eigenvalue weighted by Gasteiger charge is -2.21. The summed E-state index contributed by atoms with van der Waals surface area (Å²) in [6.45, 7) is 9.61. The largest absolute Gasteiger partial charge is 0.469 e. The highest BCUT2D eigenvalue weighted by atomic mass is 16.5. The van der Waals surface area contributed by atoms with Gasteiger partial charge in [0.05, 0.1) is 13.0 Å². The molecule has 8 heteroatoms. The van der Waals surface area contributed by atoms with Crippen molar-refractivity contribution in [2.45, 2.75) is 33.9 Å². The Kier molecular flexibility index (Phi) is 5.95. The molecule has 2 unspecified atom stereocenters. The molecule has 1 saturated heterocycles. The van der Waals surface area contributed by atoms with Crippen molar-refractivity contribution in [3.63, 3.8) is 0 Å². The summed E-state index contributed by atoms with van der Waals surface area (Å²) in [6, 6.07) is 0. The maximum Gasteiger partial charge on any atom is 0.310 e. The van der Waals surface area contributed by atoms with Crippen molar-refractivity contribution in [3.05, 3.63) is 12.2 Å². The fourth-order valence-corrected chi connectivity index (χ4v) is 2.83. The predicted octanol–water partition coefficient (Wildman–Crippen LogP) is 0.504. The van der Waals surface area contributed by atoms with Crippen molar-refractivity contribution in [1.82, 2.24) is 25.0 Å². The lowest BCUT2D eigenvalue weighted by molar-refractivity contribution is -0.145. The van der Waals surface area contributed by atoms with E-state index in [1.54, 1.807) is 6.33 Å². The van der Waals surface area contributed by atoms with Crippen LogP contribution in [0.25, 0.3) is 0 Å². The van der Waals surface area contributed by atoms with Gasteiger partial charge in [-0.25, -0.2) is 4.99 Å². The van der Waals surface area contributed by atoms with E-state index in [0.29, 0.717) is 13.1 Å². The molecule has 0 amide bonds. The van der Waals surface area contributed by atoms with E-state index < -0.39 is 0 Å². The fraction of sp³-hybridized carbons (Fsp3) is 0.733. The molecule has 2 heterocycles. The number of rotatable bonds is 5. The van der Waals surface area contributed by atoms with Crippen molar-refractivity contribution in [1.29, 1.82) is 0 Å². The van der Waals surface area contributed by atoms with E-state index in [1.807, 2.05) is 18.4 Å². The number of esters is 1. The average molecular weight is 322 g/mol. The van der Waals surface area contributed by atoms with Gasteiger partial charge in [0.25, 0.3) is 0 Å². The van der Waals surface area contributed by atoms with E-state index in [0.717, 1.165) is 31.4 Å². The van der Waals surface area contributed by atoms with Gasteiger partial charge >= 0.3 is 5.97 Å². The normalized spacial score (nSPS) is 21.6. The fourth-order valence-electron chi connectivity index (χ4n) is 2.83. The van der Waals surface area contributed by atoms with E-state index in [9.17, 15) is 4.79 Å². The second-order valence-corrected chi connectivity index (χ2v) is 5.72. The summed E-state index contributed by atoms with van der Waals surface area (Å²) >= 11 is 0. The van der Waals surface area contributed by atoms with E-state index in [-0.39, 0.29) is 17.8 Å². The van der Waals surface area contributed by atoms with Crippen LogP contribution in [0.5, 0.6) is 0 Å². The summed E-state index contributed by atoms with van der Waals surface area (Å²) in [5, 5.41) is 11.3. The van der Waals surface area contributed by atoms with Crippen molar-refractivity contribution >= 4 is 11.9 Å². The Labute approximate surface area is 136 Å². The third-order valence-electron chi connectivity index (χ3n) is 4.16. The third-order valence-corrected chi connectivity index (χ3v) is 4.16. The number of hydrogen-bond acceptors (Lipinski definition) is 5. The lowest BCUT2D eigenvalue weighted by Crippen LogP contribution is -2.40. The van der Waals surface area contributed by atoms with Crippen molar-refractivity contribution in [2.75, 3.05) is 26.7 Å². The quantitative estimate of drug-likeness (QED) is 0.483. The first-order valence-corrected chi connectivity index (χ1v) is 8.08. The Morgan fingerprint density at radius 2 is 2.26 bits per heavy atom. The second kappa shape index (κ2) is 7.94. The Morgan fingerprint density at radius 1 is 1.48 bits per heavy atom. The minimum absolute atomic E-state index is 0.108. The number of aliphatic imine (C=N–C) groups is 1. The number of ether oxygens (including phenoxy) is 1. The maximum absolute atomic E-state index is 11.8. The minimum atomic E-state index is -0.151. The Bertz CT molecular complexity index is 556. The number of methoxy groups -OCH3 is 1. The second-order valence-electron chi connectivity index (χ2n) is 5.72. The molecule has 1 aliphatic rings. The Hall–Kier alpha value is -2.12. The average Bonchev–Trinajstić information content (AvgIpc) is 3.16. The van der Waals surface area contributed by atoms with Gasteiger partial charge in [-0.05, 0) is 19.8 Å². The van der Waals surface area contributed by atoms with Gasteiger partial charge in [-0.3, -0.25) is 4.79 Å². The molecule has 0 aromatic carbocycles. The molecule has 0 bridgehead atoms. The van der Waals surface area contributed by atoms with E-state index in [2.05, 4.69) is 32.3 Å². The zero-order chi connectivity index (χ0) is 16.8. The van der Waals surface area contributed by atoms with E-state index >= 15 is 0 Å². The Morgan fingerprint density at radius 3 is 2.91 bits per heavy atom. The first-order valence-electron chi connectivity index (χ1n) is 8.08. The molecule has 0 radical (unpaired) electrons. The smallest absolute Gasteiger partial charge is 0.310 e. The van der Waals surface area contributed by atoms with Crippen LogP contribution in [0.3, 0.4) is 0 Å². The van der Waals surface area contributed by atoms with Crippen LogP contribution in [0.1, 0.15) is 26.6 Å². The highest BCUT2D eigenvalue weighted by Gasteiger charge is 2.36. The van der Waals surface area contributed by atoms with Crippen LogP contribution < -0.4 is 5.32 Å². The van der Waals surface area contributed by atoms with Gasteiger partial charge in [0.1, 0.15) is 12.9 Å². The first-order chi connectivity index (χ1) is 11.1. The summed E-state index contributed by atoms with van der Waals surface area (Å²) in [5.41, 5.74) is 0. The van der Waals surface area contributed by atoms with Gasteiger partial charge in [0.2, 0.25) is 0 Å². The zero-order valence-electron chi connectivity index (χ0n) is 14.3. The number of aryl methyl sites for hydroxylation is 1. The summed E-state index contributed by atoms with van der Waals surface area (Å²) in [6.07, 6.45) is 1.71. The molecule has 1 aromatic heterocycles. The molecule has 23 heavy (non-hydrogen) atoms. The Balaban J connectivity index is 2.09. The molecule has 1 fully saturated rings. The highest BCUT2D eigenvalue weighted by Crippen LogP contribution is 2.24. The molecule has 0 spiro atoms. The standard InChI is InChI=1S/C15H26N6O2/c1-5-16-15(17-7-13-19-18-10-20(13)6-2)21-8-11(3)12(9-21)14(22)23-4/h10-12H,5-9H2,1-4H3,(H,16,17). The number of nitrogens with one attached hydrogen (secondary N) is 1. The van der Waals surface area contributed by atoms with Gasteiger partial charge in [0, 0.05) is 26.2 Å². The number of carbonyl (C=O) groups excluding carboxylic acids is 1. The minimum Gasteiger partial charge on any atom is -0.469 e. The van der Waals surface area contributed by atoms with Crippen LogP contribution in [0, 0.1) is 11.8 Å². The molecular weight excluding hydrogens is 296 g/mol. The van der Waals surface area contributed by atoms with Gasteiger partial charge in [-0.15, -0.1) is 10.2 Å². The third kappa shape index (κ3) is 4.00. The van der Waals surface area contributed by atoms with E-state index in [1.165, 1.54) is 7.11 Å². The van der Waals surface area contributed by atoms with Crippen LogP contribution in [0.15, 0.2) is 11.3 Å². The zero-order valence-corrected chi connectivity index (χ0v) is 14.3. The molecule has 0 aliphatic carbocycles. The number of aromatic nitrogens is 3. The van der Waals surface area contributed by atoms with Crippen LogP contribution in [-0.4, -0.2) is 58.3 Å². The summed E-state index contributed by atoms with van der Waals surface area (Å²) in [5.74, 6) is 1.62.